The van der Waals surface area contributed by atoms with Gasteiger partial charge < -0.3 is 15.0 Å². The Hall–Kier alpha value is -1.49. The number of ether oxygens (including phenoxy) is 1. The van der Waals surface area contributed by atoms with Crippen LogP contribution >= 0.6 is 15.9 Å². The molecule has 0 spiro atoms. The van der Waals surface area contributed by atoms with Crippen LogP contribution in [0, 0.1) is 0 Å². The molecular weight excluding hydrogens is 284 g/mol. The minimum atomic E-state index is -0.0218. The molecule has 0 saturated carbocycles. The third kappa shape index (κ3) is 1.45. The molecule has 88 valence electrons. The monoisotopic (exact) mass is 294 g/mol. The number of rotatable bonds is 1. The summed E-state index contributed by atoms with van der Waals surface area (Å²) in [6.45, 7) is 0.688. The molecule has 5 heteroatoms. The second-order valence-electron chi connectivity index (χ2n) is 3.99. The number of H-pyrrole nitrogens is 1. The van der Waals surface area contributed by atoms with Crippen molar-refractivity contribution in [3.8, 4) is 5.75 Å². The molecule has 0 aliphatic carbocycles. The van der Waals surface area contributed by atoms with Crippen molar-refractivity contribution in [2.24, 2.45) is 0 Å². The van der Waals surface area contributed by atoms with Crippen molar-refractivity contribution in [2.75, 3.05) is 13.7 Å². The van der Waals surface area contributed by atoms with Crippen LogP contribution in [0.25, 0.3) is 10.9 Å². The number of benzene rings is 1. The summed E-state index contributed by atoms with van der Waals surface area (Å²) in [6.07, 6.45) is 0.838. The van der Waals surface area contributed by atoms with Gasteiger partial charge in [0.05, 0.1) is 17.1 Å². The van der Waals surface area contributed by atoms with Crippen LogP contribution < -0.4 is 10.1 Å². The third-order valence-corrected chi connectivity index (χ3v) is 3.84. The van der Waals surface area contributed by atoms with E-state index in [1.807, 2.05) is 12.1 Å². The lowest BCUT2D eigenvalue weighted by molar-refractivity contribution is 0.0947. The van der Waals surface area contributed by atoms with Crippen LogP contribution in [-0.2, 0) is 6.42 Å². The highest BCUT2D eigenvalue weighted by molar-refractivity contribution is 9.10. The number of methoxy groups -OCH3 is 1. The molecule has 0 fully saturated rings. The van der Waals surface area contributed by atoms with Gasteiger partial charge in [0.2, 0.25) is 0 Å². The molecule has 1 aromatic heterocycles. The lowest BCUT2D eigenvalue weighted by Crippen LogP contribution is -2.31. The molecule has 4 nitrogen and oxygen atoms in total. The van der Waals surface area contributed by atoms with Crippen LogP contribution in [0.5, 0.6) is 5.75 Å². The minimum Gasteiger partial charge on any atom is -0.496 e. The molecule has 1 aliphatic heterocycles. The lowest BCUT2D eigenvalue weighted by atomic mass is 10.1. The number of hydrogen-bond donors (Lipinski definition) is 2. The summed E-state index contributed by atoms with van der Waals surface area (Å²) in [5.41, 5.74) is 2.69. The molecule has 0 radical (unpaired) electrons. The molecule has 0 atom stereocenters. The average Bonchev–Trinajstić information content (AvgIpc) is 2.70. The number of carbonyl (C=O) groups excluding carboxylic acids is 1. The summed E-state index contributed by atoms with van der Waals surface area (Å²) in [5.74, 6) is 0.712. The van der Waals surface area contributed by atoms with Crippen LogP contribution in [0.15, 0.2) is 16.6 Å². The molecule has 2 N–H and O–H groups in total. The Bertz CT molecular complexity index is 618. The Labute approximate surface area is 106 Å². The van der Waals surface area contributed by atoms with Gasteiger partial charge >= 0.3 is 0 Å². The van der Waals surface area contributed by atoms with Gasteiger partial charge in [-0.3, -0.25) is 4.79 Å². The van der Waals surface area contributed by atoms with Crippen molar-refractivity contribution < 1.29 is 9.53 Å². The van der Waals surface area contributed by atoms with Crippen molar-refractivity contribution >= 4 is 32.7 Å². The summed E-state index contributed by atoms with van der Waals surface area (Å²) in [4.78, 5) is 15.2. The first-order valence-electron chi connectivity index (χ1n) is 5.37. The number of nitrogens with one attached hydrogen (secondary N) is 2. The number of hydrogen-bond acceptors (Lipinski definition) is 2. The van der Waals surface area contributed by atoms with E-state index in [-0.39, 0.29) is 5.91 Å². The van der Waals surface area contributed by atoms with E-state index >= 15 is 0 Å². The molecule has 2 aromatic rings. The topological polar surface area (TPSA) is 54.1 Å². The van der Waals surface area contributed by atoms with Gasteiger partial charge in [0, 0.05) is 29.6 Å². The Kier molecular flexibility index (Phi) is 2.36. The predicted octanol–water partition coefficient (Wildman–Crippen LogP) is 2.22. The zero-order valence-electron chi connectivity index (χ0n) is 9.26. The number of amides is 1. The molecule has 0 bridgehead atoms. The van der Waals surface area contributed by atoms with Crippen LogP contribution in [0.2, 0.25) is 0 Å². The van der Waals surface area contributed by atoms with E-state index in [1.165, 1.54) is 0 Å². The maximum Gasteiger partial charge on any atom is 0.253 e. The van der Waals surface area contributed by atoms with Crippen LogP contribution in [0.4, 0.5) is 0 Å². The van der Waals surface area contributed by atoms with Gasteiger partial charge in [0.1, 0.15) is 5.75 Å². The van der Waals surface area contributed by atoms with Crippen molar-refractivity contribution in [3.05, 3.63) is 27.9 Å². The first-order valence-corrected chi connectivity index (χ1v) is 6.17. The first kappa shape index (κ1) is 10.7. The highest BCUT2D eigenvalue weighted by Crippen LogP contribution is 2.37. The number of halogens is 1. The van der Waals surface area contributed by atoms with Gasteiger partial charge in [-0.25, -0.2) is 0 Å². The lowest BCUT2D eigenvalue weighted by Gasteiger charge is -2.12. The molecule has 3 rings (SSSR count). The third-order valence-electron chi connectivity index (χ3n) is 3.05. The fourth-order valence-corrected chi connectivity index (χ4v) is 2.97. The SMILES string of the molecule is COc1ccc2[nH]c3c(c2c1Br)C(=O)NCC3. The second-order valence-corrected chi connectivity index (χ2v) is 4.78. The molecule has 1 amide bonds. The maximum atomic E-state index is 11.9. The number of fused-ring (bicyclic) bond motifs is 3. The molecular formula is C12H11BrN2O2. The van der Waals surface area contributed by atoms with E-state index in [4.69, 9.17) is 4.74 Å². The van der Waals surface area contributed by atoms with Crippen molar-refractivity contribution in [3.63, 3.8) is 0 Å². The van der Waals surface area contributed by atoms with E-state index < -0.39 is 0 Å². The predicted molar refractivity (Wildman–Crippen MR) is 68.6 cm³/mol. The number of aromatic amines is 1. The van der Waals surface area contributed by atoms with Gasteiger partial charge in [0.25, 0.3) is 5.91 Å². The summed E-state index contributed by atoms with van der Waals surface area (Å²) < 4.78 is 6.08. The smallest absolute Gasteiger partial charge is 0.253 e. The number of aromatic nitrogens is 1. The van der Waals surface area contributed by atoms with Gasteiger partial charge in [-0.15, -0.1) is 0 Å². The molecule has 0 saturated heterocycles. The van der Waals surface area contributed by atoms with Crippen LogP contribution in [0.3, 0.4) is 0 Å². The second kappa shape index (κ2) is 3.77. The number of carbonyl (C=O) groups is 1. The Morgan fingerprint density at radius 2 is 2.24 bits per heavy atom. The molecule has 1 aromatic carbocycles. The Morgan fingerprint density at radius 1 is 1.41 bits per heavy atom. The highest BCUT2D eigenvalue weighted by atomic mass is 79.9. The summed E-state index contributed by atoms with van der Waals surface area (Å²) in [7, 11) is 1.62. The van der Waals surface area contributed by atoms with Crippen molar-refractivity contribution in [2.45, 2.75) is 6.42 Å². The van der Waals surface area contributed by atoms with Gasteiger partial charge in [0.15, 0.2) is 0 Å². The Balaban J connectivity index is 2.38. The van der Waals surface area contributed by atoms with Gasteiger partial charge in [-0.1, -0.05) is 0 Å². The molecule has 2 heterocycles. The van der Waals surface area contributed by atoms with E-state index in [2.05, 4.69) is 26.2 Å². The van der Waals surface area contributed by atoms with Crippen LogP contribution in [0.1, 0.15) is 16.1 Å². The van der Waals surface area contributed by atoms with Crippen LogP contribution in [-0.4, -0.2) is 24.5 Å². The van der Waals surface area contributed by atoms with E-state index in [0.29, 0.717) is 6.54 Å². The summed E-state index contributed by atoms with van der Waals surface area (Å²) >= 11 is 3.50. The highest BCUT2D eigenvalue weighted by Gasteiger charge is 2.24. The summed E-state index contributed by atoms with van der Waals surface area (Å²) in [6, 6.07) is 3.82. The first-order chi connectivity index (χ1) is 8.22. The van der Waals surface area contributed by atoms with E-state index in [0.717, 1.165) is 38.8 Å². The fraction of sp³-hybridized carbons (Fsp3) is 0.250. The molecule has 17 heavy (non-hydrogen) atoms. The van der Waals surface area contributed by atoms with Crippen molar-refractivity contribution in [1.29, 1.82) is 0 Å². The normalized spacial score (nSPS) is 14.6. The molecule has 1 aliphatic rings. The molecule has 0 unspecified atom stereocenters. The maximum absolute atomic E-state index is 11.9. The standard InChI is InChI=1S/C12H11BrN2O2/c1-17-8-3-2-6-9(11(8)13)10-7(15-6)4-5-14-12(10)16/h2-3,15H,4-5H2,1H3,(H,14,16). The van der Waals surface area contributed by atoms with E-state index in [1.54, 1.807) is 7.11 Å². The quantitative estimate of drug-likeness (QED) is 0.847. The van der Waals surface area contributed by atoms with Crippen molar-refractivity contribution in [1.82, 2.24) is 10.3 Å². The van der Waals surface area contributed by atoms with Gasteiger partial charge in [-0.2, -0.15) is 0 Å². The van der Waals surface area contributed by atoms with Gasteiger partial charge in [-0.05, 0) is 28.1 Å². The van der Waals surface area contributed by atoms with E-state index in [9.17, 15) is 4.79 Å². The minimum absolute atomic E-state index is 0.0218. The Morgan fingerprint density at radius 3 is 3.00 bits per heavy atom. The average molecular weight is 295 g/mol. The zero-order chi connectivity index (χ0) is 12.0. The summed E-state index contributed by atoms with van der Waals surface area (Å²) in [5, 5.41) is 3.76. The zero-order valence-corrected chi connectivity index (χ0v) is 10.8. The fourth-order valence-electron chi connectivity index (χ4n) is 2.27. The largest absolute Gasteiger partial charge is 0.496 e.